The van der Waals surface area contributed by atoms with Crippen LogP contribution < -0.4 is 5.73 Å². The van der Waals surface area contributed by atoms with Crippen LogP contribution in [0.5, 0.6) is 0 Å². The molecule has 2 atom stereocenters. The summed E-state index contributed by atoms with van der Waals surface area (Å²) in [7, 11) is 0. The quantitative estimate of drug-likeness (QED) is 0.506. The number of nitrogens with zero attached hydrogens (tertiary/aromatic N) is 2. The minimum atomic E-state index is -0.179. The van der Waals surface area contributed by atoms with Crippen LogP contribution >= 0.6 is 0 Å². The molecule has 2 aliphatic rings. The number of aliphatic hydroxyl groups is 1. The number of morpholine rings is 1. The summed E-state index contributed by atoms with van der Waals surface area (Å²) in [5.41, 5.74) is 5.91. The third-order valence-corrected chi connectivity index (χ3v) is 3.44. The van der Waals surface area contributed by atoms with Crippen molar-refractivity contribution in [2.75, 3.05) is 32.8 Å². The Hall–Kier alpha value is -0.810. The number of rotatable bonds is 2. The highest BCUT2D eigenvalue weighted by Gasteiger charge is 2.25. The van der Waals surface area contributed by atoms with Crippen LogP contribution in [0.15, 0.2) is 4.99 Å². The molecule has 1 aliphatic carbocycles. The van der Waals surface area contributed by atoms with E-state index in [4.69, 9.17) is 10.5 Å². The molecule has 0 radical (unpaired) electrons. The molecule has 0 aromatic rings. The average Bonchev–Trinajstić information content (AvgIpc) is 2.73. The van der Waals surface area contributed by atoms with Gasteiger partial charge in [-0.2, -0.15) is 0 Å². The minimum absolute atomic E-state index is 0.179. The van der Waals surface area contributed by atoms with Gasteiger partial charge in [-0.3, -0.25) is 4.99 Å². The Balaban J connectivity index is 1.81. The van der Waals surface area contributed by atoms with Gasteiger partial charge in [0.05, 0.1) is 19.3 Å². The standard InChI is InChI=1S/C11H21N3O2/c12-11(14-4-6-16-7-5-14)13-8-9-2-1-3-10(9)15/h9-10,15H,1-8H2,(H2,12,13). The van der Waals surface area contributed by atoms with Gasteiger partial charge < -0.3 is 20.5 Å². The lowest BCUT2D eigenvalue weighted by Crippen LogP contribution is -2.45. The van der Waals surface area contributed by atoms with Crippen molar-refractivity contribution in [2.45, 2.75) is 25.4 Å². The van der Waals surface area contributed by atoms with Gasteiger partial charge in [-0.1, -0.05) is 6.42 Å². The maximum Gasteiger partial charge on any atom is 0.191 e. The van der Waals surface area contributed by atoms with E-state index in [1.807, 2.05) is 4.90 Å². The van der Waals surface area contributed by atoms with Gasteiger partial charge in [0, 0.05) is 25.6 Å². The first-order valence-corrected chi connectivity index (χ1v) is 6.08. The third-order valence-electron chi connectivity index (χ3n) is 3.44. The molecule has 2 rings (SSSR count). The van der Waals surface area contributed by atoms with Crippen molar-refractivity contribution in [3.63, 3.8) is 0 Å². The lowest BCUT2D eigenvalue weighted by atomic mass is 10.1. The van der Waals surface area contributed by atoms with Gasteiger partial charge in [0.1, 0.15) is 0 Å². The normalized spacial score (nSPS) is 32.1. The van der Waals surface area contributed by atoms with Crippen LogP contribution in [-0.4, -0.2) is 54.9 Å². The van der Waals surface area contributed by atoms with Crippen molar-refractivity contribution < 1.29 is 9.84 Å². The number of hydrogen-bond donors (Lipinski definition) is 2. The van der Waals surface area contributed by atoms with Crippen molar-refractivity contribution in [1.82, 2.24) is 4.90 Å². The predicted molar refractivity (Wildman–Crippen MR) is 62.2 cm³/mol. The SMILES string of the molecule is NC(=NCC1CCCC1O)N1CCOCC1. The molecule has 0 aromatic heterocycles. The van der Waals surface area contributed by atoms with E-state index in [0.29, 0.717) is 18.4 Å². The number of ether oxygens (including phenoxy) is 1. The molecule has 0 bridgehead atoms. The Morgan fingerprint density at radius 3 is 2.75 bits per heavy atom. The maximum absolute atomic E-state index is 9.67. The number of aliphatic imine (C=N–C) groups is 1. The van der Waals surface area contributed by atoms with E-state index in [0.717, 1.165) is 45.6 Å². The van der Waals surface area contributed by atoms with Gasteiger partial charge in [0.2, 0.25) is 0 Å². The molecule has 1 saturated carbocycles. The molecule has 2 unspecified atom stereocenters. The van der Waals surface area contributed by atoms with Crippen LogP contribution in [-0.2, 0) is 4.74 Å². The maximum atomic E-state index is 9.67. The molecule has 3 N–H and O–H groups in total. The number of hydrogen-bond acceptors (Lipinski definition) is 3. The summed E-state index contributed by atoms with van der Waals surface area (Å²) in [5.74, 6) is 0.905. The van der Waals surface area contributed by atoms with Crippen LogP contribution in [0.4, 0.5) is 0 Å². The van der Waals surface area contributed by atoms with Gasteiger partial charge in [0.25, 0.3) is 0 Å². The summed E-state index contributed by atoms with van der Waals surface area (Å²) in [6.45, 7) is 3.75. The summed E-state index contributed by atoms with van der Waals surface area (Å²) in [5, 5.41) is 9.67. The summed E-state index contributed by atoms with van der Waals surface area (Å²) in [6.07, 6.45) is 2.92. The highest BCUT2D eigenvalue weighted by atomic mass is 16.5. The largest absolute Gasteiger partial charge is 0.393 e. The summed E-state index contributed by atoms with van der Waals surface area (Å²) >= 11 is 0. The van der Waals surface area contributed by atoms with E-state index in [9.17, 15) is 5.11 Å². The molecule has 1 aliphatic heterocycles. The van der Waals surface area contributed by atoms with Gasteiger partial charge in [-0.25, -0.2) is 0 Å². The topological polar surface area (TPSA) is 71.1 Å². The molecule has 1 heterocycles. The van der Waals surface area contributed by atoms with E-state index >= 15 is 0 Å². The Labute approximate surface area is 96.3 Å². The molecule has 0 aromatic carbocycles. The number of aliphatic hydroxyl groups excluding tert-OH is 1. The van der Waals surface area contributed by atoms with E-state index in [2.05, 4.69) is 4.99 Å². The molecular weight excluding hydrogens is 206 g/mol. The summed E-state index contributed by atoms with van der Waals surface area (Å²) in [6, 6.07) is 0. The molecule has 5 heteroatoms. The zero-order valence-corrected chi connectivity index (χ0v) is 9.64. The second kappa shape index (κ2) is 5.50. The van der Waals surface area contributed by atoms with Crippen molar-refractivity contribution in [2.24, 2.45) is 16.6 Å². The van der Waals surface area contributed by atoms with Crippen LogP contribution in [0.2, 0.25) is 0 Å². The third kappa shape index (κ3) is 2.86. The number of nitrogens with two attached hydrogens (primary N) is 1. The first-order valence-electron chi connectivity index (χ1n) is 6.08. The molecule has 1 saturated heterocycles. The van der Waals surface area contributed by atoms with Gasteiger partial charge in [-0.15, -0.1) is 0 Å². The lowest BCUT2D eigenvalue weighted by molar-refractivity contribution is 0.0672. The minimum Gasteiger partial charge on any atom is -0.393 e. The smallest absolute Gasteiger partial charge is 0.191 e. The van der Waals surface area contributed by atoms with Crippen LogP contribution in [0.3, 0.4) is 0 Å². The zero-order chi connectivity index (χ0) is 11.4. The van der Waals surface area contributed by atoms with Gasteiger partial charge in [-0.05, 0) is 12.8 Å². The predicted octanol–water partition coefficient (Wildman–Crippen LogP) is -0.206. The summed E-state index contributed by atoms with van der Waals surface area (Å²) < 4.78 is 5.25. The lowest BCUT2D eigenvalue weighted by Gasteiger charge is -2.27. The Morgan fingerprint density at radius 1 is 1.38 bits per heavy atom. The highest BCUT2D eigenvalue weighted by molar-refractivity contribution is 5.78. The molecule has 5 nitrogen and oxygen atoms in total. The second-order valence-corrected chi connectivity index (χ2v) is 4.56. The Bertz CT molecular complexity index is 252. The molecular formula is C11H21N3O2. The average molecular weight is 227 g/mol. The first kappa shape index (κ1) is 11.7. The monoisotopic (exact) mass is 227 g/mol. The fraction of sp³-hybridized carbons (Fsp3) is 0.909. The Kier molecular flexibility index (Phi) is 4.01. The first-order chi connectivity index (χ1) is 7.77. The van der Waals surface area contributed by atoms with E-state index in [-0.39, 0.29) is 6.10 Å². The van der Waals surface area contributed by atoms with Crippen LogP contribution in [0.1, 0.15) is 19.3 Å². The van der Waals surface area contributed by atoms with Gasteiger partial charge >= 0.3 is 0 Å². The second-order valence-electron chi connectivity index (χ2n) is 4.56. The van der Waals surface area contributed by atoms with Crippen molar-refractivity contribution >= 4 is 5.96 Å². The molecule has 92 valence electrons. The van der Waals surface area contributed by atoms with Crippen LogP contribution in [0.25, 0.3) is 0 Å². The Morgan fingerprint density at radius 2 is 2.12 bits per heavy atom. The number of guanidine groups is 1. The molecule has 0 spiro atoms. The fourth-order valence-corrected chi connectivity index (χ4v) is 2.33. The van der Waals surface area contributed by atoms with Crippen molar-refractivity contribution in [3.05, 3.63) is 0 Å². The summed E-state index contributed by atoms with van der Waals surface area (Å²) in [4.78, 5) is 6.43. The van der Waals surface area contributed by atoms with Crippen molar-refractivity contribution in [1.29, 1.82) is 0 Å². The van der Waals surface area contributed by atoms with Gasteiger partial charge in [0.15, 0.2) is 5.96 Å². The molecule has 16 heavy (non-hydrogen) atoms. The van der Waals surface area contributed by atoms with Crippen molar-refractivity contribution in [3.8, 4) is 0 Å². The zero-order valence-electron chi connectivity index (χ0n) is 9.64. The fourth-order valence-electron chi connectivity index (χ4n) is 2.33. The van der Waals surface area contributed by atoms with E-state index in [1.54, 1.807) is 0 Å². The van der Waals surface area contributed by atoms with E-state index in [1.165, 1.54) is 0 Å². The van der Waals surface area contributed by atoms with Crippen LogP contribution in [0, 0.1) is 5.92 Å². The molecule has 2 fully saturated rings. The van der Waals surface area contributed by atoms with E-state index < -0.39 is 0 Å². The molecule has 0 amide bonds. The highest BCUT2D eigenvalue weighted by Crippen LogP contribution is 2.25.